The summed E-state index contributed by atoms with van der Waals surface area (Å²) < 4.78 is 1.08. The number of hydrogen-bond donors (Lipinski definition) is 2. The van der Waals surface area contributed by atoms with Gasteiger partial charge < -0.3 is 11.5 Å². The zero-order valence-electron chi connectivity index (χ0n) is 8.69. The van der Waals surface area contributed by atoms with Crippen LogP contribution < -0.4 is 11.5 Å². The highest BCUT2D eigenvalue weighted by atomic mass is 79.9. The van der Waals surface area contributed by atoms with Gasteiger partial charge in [-0.1, -0.05) is 24.3 Å². The van der Waals surface area contributed by atoms with Crippen LogP contribution in [0.3, 0.4) is 0 Å². The molecule has 2 nitrogen and oxygen atoms in total. The van der Waals surface area contributed by atoms with E-state index in [4.69, 9.17) is 11.5 Å². The molecule has 84 valence electrons. The summed E-state index contributed by atoms with van der Waals surface area (Å²) in [4.78, 5) is 1.16. The predicted octanol–water partition coefficient (Wildman–Crippen LogP) is 3.02. The molecule has 4 N–H and O–H groups in total. The average molecular weight is 297 g/mol. The number of benzene rings is 1. The van der Waals surface area contributed by atoms with E-state index < -0.39 is 0 Å². The van der Waals surface area contributed by atoms with Crippen LogP contribution in [0.2, 0.25) is 0 Å². The molecular formula is C12H13BrN2S. The Morgan fingerprint density at radius 2 is 1.94 bits per heavy atom. The summed E-state index contributed by atoms with van der Waals surface area (Å²) in [6.45, 7) is 0.570. The predicted molar refractivity (Wildman–Crippen MR) is 72.4 cm³/mol. The van der Waals surface area contributed by atoms with Crippen molar-refractivity contribution in [3.05, 3.63) is 56.2 Å². The maximum Gasteiger partial charge on any atom is 0.0646 e. The van der Waals surface area contributed by atoms with Crippen LogP contribution in [0, 0.1) is 0 Å². The lowest BCUT2D eigenvalue weighted by atomic mass is 10.0. The maximum absolute atomic E-state index is 6.18. The molecule has 2 aromatic rings. The van der Waals surface area contributed by atoms with Crippen molar-refractivity contribution in [3.8, 4) is 0 Å². The molecule has 4 heteroatoms. The van der Waals surface area contributed by atoms with Gasteiger partial charge in [0.1, 0.15) is 0 Å². The number of thiophene rings is 1. The highest BCUT2D eigenvalue weighted by Crippen LogP contribution is 2.28. The Labute approximate surface area is 107 Å². The summed E-state index contributed by atoms with van der Waals surface area (Å²) in [6.07, 6.45) is 0. The zero-order chi connectivity index (χ0) is 11.5. The first-order valence-electron chi connectivity index (χ1n) is 4.99. The zero-order valence-corrected chi connectivity index (χ0v) is 11.1. The van der Waals surface area contributed by atoms with E-state index >= 15 is 0 Å². The lowest BCUT2D eigenvalue weighted by Gasteiger charge is -2.10. The van der Waals surface area contributed by atoms with Crippen molar-refractivity contribution in [2.75, 3.05) is 0 Å². The van der Waals surface area contributed by atoms with Gasteiger partial charge in [-0.2, -0.15) is 0 Å². The second kappa shape index (κ2) is 5.10. The minimum Gasteiger partial charge on any atom is -0.326 e. The van der Waals surface area contributed by atoms with Crippen LogP contribution in [0.1, 0.15) is 22.0 Å². The van der Waals surface area contributed by atoms with Crippen molar-refractivity contribution in [3.63, 3.8) is 0 Å². The van der Waals surface area contributed by atoms with Crippen molar-refractivity contribution in [1.29, 1.82) is 0 Å². The normalized spacial score (nSPS) is 12.7. The number of halogens is 1. The molecule has 0 aliphatic carbocycles. The van der Waals surface area contributed by atoms with E-state index in [1.165, 1.54) is 0 Å². The largest absolute Gasteiger partial charge is 0.326 e. The molecule has 0 amide bonds. The first kappa shape index (κ1) is 11.8. The quantitative estimate of drug-likeness (QED) is 0.915. The van der Waals surface area contributed by atoms with Crippen LogP contribution in [0.5, 0.6) is 0 Å². The van der Waals surface area contributed by atoms with Crippen LogP contribution in [-0.2, 0) is 6.54 Å². The molecule has 1 aromatic carbocycles. The molecule has 0 radical (unpaired) electrons. The van der Waals surface area contributed by atoms with Crippen molar-refractivity contribution in [1.82, 2.24) is 0 Å². The minimum absolute atomic E-state index is 0.0527. The summed E-state index contributed by atoms with van der Waals surface area (Å²) in [5.41, 5.74) is 14.0. The van der Waals surface area contributed by atoms with E-state index in [-0.39, 0.29) is 6.04 Å². The molecule has 0 aliphatic heterocycles. The second-order valence-electron chi connectivity index (χ2n) is 3.59. The van der Waals surface area contributed by atoms with Gasteiger partial charge in [0.2, 0.25) is 0 Å². The molecule has 1 heterocycles. The van der Waals surface area contributed by atoms with E-state index in [1.54, 1.807) is 11.3 Å². The van der Waals surface area contributed by atoms with Crippen molar-refractivity contribution < 1.29 is 0 Å². The highest BCUT2D eigenvalue weighted by molar-refractivity contribution is 9.10. The van der Waals surface area contributed by atoms with Gasteiger partial charge >= 0.3 is 0 Å². The third-order valence-electron chi connectivity index (χ3n) is 2.47. The smallest absolute Gasteiger partial charge is 0.0646 e. The van der Waals surface area contributed by atoms with Gasteiger partial charge in [-0.25, -0.2) is 0 Å². The SMILES string of the molecule is NCc1ccc(C(N)c2cc(Br)cs2)cc1. The second-order valence-corrected chi connectivity index (χ2v) is 5.45. The average Bonchev–Trinajstić information content (AvgIpc) is 2.75. The number of hydrogen-bond acceptors (Lipinski definition) is 3. The van der Waals surface area contributed by atoms with Crippen LogP contribution in [0.15, 0.2) is 40.2 Å². The lowest BCUT2D eigenvalue weighted by Crippen LogP contribution is -2.10. The van der Waals surface area contributed by atoms with Crippen molar-refractivity contribution in [2.24, 2.45) is 11.5 Å². The fourth-order valence-electron chi connectivity index (χ4n) is 1.52. The summed E-state index contributed by atoms with van der Waals surface area (Å²) in [7, 11) is 0. The molecule has 16 heavy (non-hydrogen) atoms. The molecule has 0 saturated carbocycles. The summed E-state index contributed by atoms with van der Waals surface area (Å²) in [5, 5.41) is 2.05. The molecule has 0 spiro atoms. The third kappa shape index (κ3) is 2.52. The summed E-state index contributed by atoms with van der Waals surface area (Å²) >= 11 is 5.10. The fourth-order valence-corrected chi connectivity index (χ4v) is 2.99. The van der Waals surface area contributed by atoms with Gasteiger partial charge in [-0.3, -0.25) is 0 Å². The van der Waals surface area contributed by atoms with Gasteiger partial charge in [-0.05, 0) is 33.1 Å². The summed E-state index contributed by atoms with van der Waals surface area (Å²) in [6, 6.07) is 10.1. The Bertz CT molecular complexity index is 464. The van der Waals surface area contributed by atoms with E-state index in [0.29, 0.717) is 6.54 Å². The van der Waals surface area contributed by atoms with E-state index in [9.17, 15) is 0 Å². The van der Waals surface area contributed by atoms with Crippen LogP contribution in [-0.4, -0.2) is 0 Å². The molecule has 0 bridgehead atoms. The van der Waals surface area contributed by atoms with Crippen molar-refractivity contribution >= 4 is 27.3 Å². The van der Waals surface area contributed by atoms with E-state index in [0.717, 1.165) is 20.5 Å². The van der Waals surface area contributed by atoms with Gasteiger partial charge in [0.05, 0.1) is 6.04 Å². The summed E-state index contributed by atoms with van der Waals surface area (Å²) in [5.74, 6) is 0. The Morgan fingerprint density at radius 3 is 2.44 bits per heavy atom. The van der Waals surface area contributed by atoms with Crippen LogP contribution in [0.4, 0.5) is 0 Å². The lowest BCUT2D eigenvalue weighted by molar-refractivity contribution is 0.890. The van der Waals surface area contributed by atoms with Crippen molar-refractivity contribution in [2.45, 2.75) is 12.6 Å². The Kier molecular flexibility index (Phi) is 3.76. The molecular weight excluding hydrogens is 284 g/mol. The molecule has 2 rings (SSSR count). The first-order chi connectivity index (χ1) is 7.70. The third-order valence-corrected chi connectivity index (χ3v) is 4.25. The minimum atomic E-state index is -0.0527. The van der Waals surface area contributed by atoms with Gasteiger partial charge in [0, 0.05) is 21.3 Å². The monoisotopic (exact) mass is 296 g/mol. The van der Waals surface area contributed by atoms with Gasteiger partial charge in [0.15, 0.2) is 0 Å². The Morgan fingerprint density at radius 1 is 1.25 bits per heavy atom. The number of nitrogens with two attached hydrogens (primary N) is 2. The molecule has 1 unspecified atom stereocenters. The molecule has 0 aliphatic rings. The maximum atomic E-state index is 6.18. The highest BCUT2D eigenvalue weighted by Gasteiger charge is 2.10. The molecule has 0 saturated heterocycles. The standard InChI is InChI=1S/C12H13BrN2S/c13-10-5-11(16-7-10)12(15)9-3-1-8(6-14)2-4-9/h1-5,7,12H,6,14-15H2. The first-order valence-corrected chi connectivity index (χ1v) is 6.66. The fraction of sp³-hybridized carbons (Fsp3) is 0.167. The van der Waals surface area contributed by atoms with Crippen LogP contribution >= 0.6 is 27.3 Å². The van der Waals surface area contributed by atoms with Crippen LogP contribution in [0.25, 0.3) is 0 Å². The van der Waals surface area contributed by atoms with Gasteiger partial charge in [0.25, 0.3) is 0 Å². The Hall–Kier alpha value is -0.680. The Balaban J connectivity index is 2.23. The molecule has 0 fully saturated rings. The van der Waals surface area contributed by atoms with Gasteiger partial charge in [-0.15, -0.1) is 11.3 Å². The van der Waals surface area contributed by atoms with E-state index in [2.05, 4.69) is 22.0 Å². The topological polar surface area (TPSA) is 52.0 Å². The molecule has 1 aromatic heterocycles. The van der Waals surface area contributed by atoms with E-state index in [1.807, 2.05) is 29.6 Å². The molecule has 1 atom stereocenters. The number of rotatable bonds is 3.